The molecule has 1 aliphatic rings. The quantitative estimate of drug-likeness (QED) is 0.176. The number of hydrogen-bond acceptors (Lipinski definition) is 5. The van der Waals surface area contributed by atoms with Crippen LogP contribution in [0.15, 0.2) is 54.7 Å². The van der Waals surface area contributed by atoms with Crippen molar-refractivity contribution in [2.24, 2.45) is 5.41 Å². The number of hydrogen-bond donors (Lipinski definition) is 1. The summed E-state index contributed by atoms with van der Waals surface area (Å²) in [7, 11) is 0. The van der Waals surface area contributed by atoms with Gasteiger partial charge in [-0.25, -0.2) is 0 Å². The number of pyridine rings is 1. The molecule has 5 rings (SSSR count). The number of unbranched alkanes of at least 4 members (excludes halogenated alkanes) is 1. The van der Waals surface area contributed by atoms with Gasteiger partial charge in [0.25, 0.3) is 11.8 Å². The molecule has 0 unspecified atom stereocenters. The summed E-state index contributed by atoms with van der Waals surface area (Å²) in [5.41, 5.74) is 2.46. The molecular formula is C31H32N2O4. The summed E-state index contributed by atoms with van der Waals surface area (Å²) in [6, 6.07) is 14.7. The van der Waals surface area contributed by atoms with Crippen molar-refractivity contribution in [3.05, 3.63) is 77.0 Å². The molecule has 1 aliphatic heterocycles. The molecule has 37 heavy (non-hydrogen) atoms. The maximum Gasteiger partial charge on any atom is 0.261 e. The third-order valence-corrected chi connectivity index (χ3v) is 6.82. The van der Waals surface area contributed by atoms with Crippen LogP contribution in [0.2, 0.25) is 0 Å². The highest BCUT2D eigenvalue weighted by Gasteiger charge is 2.37. The number of ether oxygens (including phenoxy) is 1. The van der Waals surface area contributed by atoms with Crippen LogP contribution in [0, 0.1) is 5.41 Å². The van der Waals surface area contributed by atoms with Gasteiger partial charge in [-0.2, -0.15) is 0 Å². The van der Waals surface area contributed by atoms with Crippen molar-refractivity contribution in [1.29, 1.82) is 0 Å². The predicted octanol–water partition coefficient (Wildman–Crippen LogP) is 6.66. The first kappa shape index (κ1) is 24.8. The molecule has 0 radical (unpaired) electrons. The van der Waals surface area contributed by atoms with E-state index in [9.17, 15) is 14.7 Å². The Bertz CT molecular complexity index is 1500. The molecule has 4 aromatic rings. The number of benzene rings is 3. The Kier molecular flexibility index (Phi) is 6.36. The van der Waals surface area contributed by atoms with Crippen LogP contribution in [0.4, 0.5) is 0 Å². The summed E-state index contributed by atoms with van der Waals surface area (Å²) in [5, 5.41) is 14.2. The molecule has 0 bridgehead atoms. The van der Waals surface area contributed by atoms with Crippen LogP contribution in [0.1, 0.15) is 72.4 Å². The van der Waals surface area contributed by atoms with Gasteiger partial charge in [0.2, 0.25) is 0 Å². The standard InChI is InChI=1S/C31H32N2O4/c1-5-6-15-37-28-24(18-33-29(35)21-13-9-10-14-22(21)30(33)36)23(16-31(2,3)4)27(34)25-20-12-8-7-11-19(20)17-32-26(25)28/h7-14,17,34H,5-6,15-16,18H2,1-4H3. The van der Waals surface area contributed by atoms with Gasteiger partial charge in [0.15, 0.2) is 5.75 Å². The Balaban J connectivity index is 1.77. The lowest BCUT2D eigenvalue weighted by Crippen LogP contribution is -2.30. The zero-order valence-corrected chi connectivity index (χ0v) is 21.8. The second-order valence-corrected chi connectivity index (χ2v) is 10.9. The lowest BCUT2D eigenvalue weighted by molar-refractivity contribution is 0.0640. The minimum absolute atomic E-state index is 0.00275. The molecule has 1 N–H and O–H groups in total. The van der Waals surface area contributed by atoms with E-state index in [2.05, 4.69) is 27.7 Å². The third-order valence-electron chi connectivity index (χ3n) is 6.82. The van der Waals surface area contributed by atoms with Gasteiger partial charge in [-0.05, 0) is 35.8 Å². The average molecular weight is 497 g/mol. The van der Waals surface area contributed by atoms with Crippen LogP contribution in [0.3, 0.4) is 0 Å². The number of nitrogens with zero attached hydrogens (tertiary/aromatic N) is 2. The van der Waals surface area contributed by atoms with E-state index in [-0.39, 0.29) is 29.5 Å². The number of phenols is 1. The van der Waals surface area contributed by atoms with E-state index in [0.29, 0.717) is 51.9 Å². The minimum Gasteiger partial charge on any atom is -0.507 e. The van der Waals surface area contributed by atoms with Gasteiger partial charge in [-0.3, -0.25) is 19.5 Å². The predicted molar refractivity (Wildman–Crippen MR) is 145 cm³/mol. The Morgan fingerprint density at radius 3 is 2.24 bits per heavy atom. The SMILES string of the molecule is CCCCOc1c(CN2C(=O)c3ccccc3C2=O)c(CC(C)(C)C)c(O)c2c1ncc1ccccc12. The van der Waals surface area contributed by atoms with E-state index in [1.807, 2.05) is 24.3 Å². The summed E-state index contributed by atoms with van der Waals surface area (Å²) in [4.78, 5) is 32.6. The third kappa shape index (κ3) is 4.41. The van der Waals surface area contributed by atoms with Gasteiger partial charge in [0.05, 0.1) is 29.7 Å². The molecule has 2 amide bonds. The molecule has 190 valence electrons. The molecule has 6 nitrogen and oxygen atoms in total. The van der Waals surface area contributed by atoms with Gasteiger partial charge in [0, 0.05) is 22.7 Å². The van der Waals surface area contributed by atoms with Crippen molar-refractivity contribution < 1.29 is 19.4 Å². The summed E-state index contributed by atoms with van der Waals surface area (Å²) >= 11 is 0. The fourth-order valence-electron chi connectivity index (χ4n) is 5.05. The fraction of sp³-hybridized carbons (Fsp3) is 0.323. The largest absolute Gasteiger partial charge is 0.507 e. The van der Waals surface area contributed by atoms with Crippen LogP contribution >= 0.6 is 0 Å². The lowest BCUT2D eigenvalue weighted by atomic mass is 9.84. The first-order valence-corrected chi connectivity index (χ1v) is 12.8. The van der Waals surface area contributed by atoms with Crippen LogP contribution < -0.4 is 4.74 Å². The Morgan fingerprint density at radius 1 is 0.946 bits per heavy atom. The topological polar surface area (TPSA) is 79.7 Å². The Labute approximate surface area is 216 Å². The maximum atomic E-state index is 13.3. The molecule has 0 atom stereocenters. The van der Waals surface area contributed by atoms with Crippen LogP contribution in [-0.2, 0) is 13.0 Å². The smallest absolute Gasteiger partial charge is 0.261 e. The van der Waals surface area contributed by atoms with Gasteiger partial charge >= 0.3 is 0 Å². The van der Waals surface area contributed by atoms with E-state index < -0.39 is 0 Å². The molecule has 0 saturated heterocycles. The fourth-order valence-corrected chi connectivity index (χ4v) is 5.05. The van der Waals surface area contributed by atoms with Crippen molar-refractivity contribution in [1.82, 2.24) is 9.88 Å². The Hall–Kier alpha value is -3.93. The summed E-state index contributed by atoms with van der Waals surface area (Å²) in [5.74, 6) is -0.0211. The zero-order chi connectivity index (χ0) is 26.3. The molecule has 1 aromatic heterocycles. The number of carbonyl (C=O) groups is 2. The van der Waals surface area contributed by atoms with Gasteiger partial charge in [-0.1, -0.05) is 70.5 Å². The highest BCUT2D eigenvalue weighted by molar-refractivity contribution is 6.21. The molecule has 0 aliphatic carbocycles. The van der Waals surface area contributed by atoms with E-state index in [0.717, 1.165) is 23.6 Å². The number of rotatable bonds is 7. The summed E-state index contributed by atoms with van der Waals surface area (Å²) in [6.07, 6.45) is 4.10. The van der Waals surface area contributed by atoms with E-state index in [1.54, 1.807) is 30.5 Å². The number of aromatic nitrogens is 1. The molecule has 0 spiro atoms. The number of imide groups is 1. The number of amides is 2. The molecule has 0 fully saturated rings. The second-order valence-electron chi connectivity index (χ2n) is 10.9. The lowest BCUT2D eigenvalue weighted by Gasteiger charge is -2.27. The number of phenolic OH excluding ortho intramolecular Hbond substituents is 1. The molecule has 0 saturated carbocycles. The molecular weight excluding hydrogens is 464 g/mol. The van der Waals surface area contributed by atoms with Crippen molar-refractivity contribution in [3.63, 3.8) is 0 Å². The Morgan fingerprint density at radius 2 is 1.59 bits per heavy atom. The van der Waals surface area contributed by atoms with Crippen LogP contribution in [0.5, 0.6) is 11.5 Å². The van der Waals surface area contributed by atoms with Gasteiger partial charge in [0.1, 0.15) is 11.3 Å². The molecule has 6 heteroatoms. The maximum absolute atomic E-state index is 13.3. The van der Waals surface area contributed by atoms with Crippen LogP contribution in [-0.4, -0.2) is 33.4 Å². The normalized spacial score (nSPS) is 13.6. The number of fused-ring (bicyclic) bond motifs is 4. The minimum atomic E-state index is -0.340. The van der Waals surface area contributed by atoms with Crippen molar-refractivity contribution in [3.8, 4) is 11.5 Å². The van der Waals surface area contributed by atoms with E-state index in [4.69, 9.17) is 9.72 Å². The van der Waals surface area contributed by atoms with Crippen molar-refractivity contribution in [2.75, 3.05) is 6.61 Å². The van der Waals surface area contributed by atoms with E-state index in [1.165, 1.54) is 4.90 Å². The van der Waals surface area contributed by atoms with Crippen LogP contribution in [0.25, 0.3) is 21.7 Å². The highest BCUT2D eigenvalue weighted by Crippen LogP contribution is 2.45. The zero-order valence-electron chi connectivity index (χ0n) is 21.8. The molecule has 3 aromatic carbocycles. The first-order valence-electron chi connectivity index (χ1n) is 12.8. The monoisotopic (exact) mass is 496 g/mol. The number of aromatic hydroxyl groups is 1. The second kappa shape index (κ2) is 9.51. The summed E-state index contributed by atoms with van der Waals surface area (Å²) < 4.78 is 6.38. The van der Waals surface area contributed by atoms with Crippen molar-refractivity contribution in [2.45, 2.75) is 53.5 Å². The van der Waals surface area contributed by atoms with E-state index >= 15 is 0 Å². The molecule has 2 heterocycles. The first-order chi connectivity index (χ1) is 17.7. The highest BCUT2D eigenvalue weighted by atomic mass is 16.5. The van der Waals surface area contributed by atoms with Gasteiger partial charge < -0.3 is 9.84 Å². The van der Waals surface area contributed by atoms with Gasteiger partial charge in [-0.15, -0.1) is 0 Å². The number of carbonyl (C=O) groups excluding carboxylic acids is 2. The summed E-state index contributed by atoms with van der Waals surface area (Å²) in [6.45, 7) is 8.85. The average Bonchev–Trinajstić information content (AvgIpc) is 3.11. The van der Waals surface area contributed by atoms with Crippen molar-refractivity contribution >= 4 is 33.5 Å².